The monoisotopic (exact) mass is 266 g/mol. The van der Waals surface area contributed by atoms with Gasteiger partial charge in [0.2, 0.25) is 0 Å². The van der Waals surface area contributed by atoms with Crippen molar-refractivity contribution in [2.45, 2.75) is 24.0 Å². The van der Waals surface area contributed by atoms with Crippen molar-refractivity contribution in [1.29, 1.82) is 0 Å². The van der Waals surface area contributed by atoms with Gasteiger partial charge < -0.3 is 9.47 Å². The number of ether oxygens (including phenoxy) is 2. The zero-order valence-electron chi connectivity index (χ0n) is 10.8. The van der Waals surface area contributed by atoms with Gasteiger partial charge in [0.1, 0.15) is 0 Å². The van der Waals surface area contributed by atoms with Crippen molar-refractivity contribution in [3.8, 4) is 0 Å². The van der Waals surface area contributed by atoms with E-state index in [0.29, 0.717) is 11.8 Å². The van der Waals surface area contributed by atoms with E-state index in [1.165, 1.54) is 11.1 Å². The second kappa shape index (κ2) is 3.54. The van der Waals surface area contributed by atoms with E-state index in [1.54, 1.807) is 0 Å². The van der Waals surface area contributed by atoms with E-state index < -0.39 is 6.16 Å². The van der Waals surface area contributed by atoms with Gasteiger partial charge in [-0.1, -0.05) is 48.6 Å². The molecule has 3 heteroatoms. The Labute approximate surface area is 116 Å². The highest BCUT2D eigenvalue weighted by molar-refractivity contribution is 5.65. The van der Waals surface area contributed by atoms with Crippen LogP contribution < -0.4 is 0 Å². The highest BCUT2D eigenvalue weighted by Crippen LogP contribution is 2.60. The number of allylic oxidation sites excluding steroid dienone is 4. The van der Waals surface area contributed by atoms with Crippen molar-refractivity contribution in [2.75, 3.05) is 0 Å². The van der Waals surface area contributed by atoms with Gasteiger partial charge >= 0.3 is 6.16 Å². The van der Waals surface area contributed by atoms with Crippen molar-refractivity contribution in [2.24, 2.45) is 11.8 Å². The van der Waals surface area contributed by atoms with E-state index in [-0.39, 0.29) is 24.0 Å². The average Bonchev–Trinajstić information content (AvgIpc) is 2.88. The Morgan fingerprint density at radius 1 is 0.800 bits per heavy atom. The van der Waals surface area contributed by atoms with E-state index in [0.717, 1.165) is 0 Å². The van der Waals surface area contributed by atoms with E-state index in [2.05, 4.69) is 48.6 Å². The van der Waals surface area contributed by atoms with Gasteiger partial charge in [0.05, 0.1) is 0 Å². The van der Waals surface area contributed by atoms with Crippen LogP contribution in [0.5, 0.6) is 0 Å². The molecule has 1 heterocycles. The van der Waals surface area contributed by atoms with Crippen LogP contribution >= 0.6 is 0 Å². The maximum Gasteiger partial charge on any atom is 0.509 e. The Morgan fingerprint density at radius 3 is 1.80 bits per heavy atom. The van der Waals surface area contributed by atoms with Crippen molar-refractivity contribution >= 4 is 6.16 Å². The van der Waals surface area contributed by atoms with E-state index in [1.807, 2.05) is 0 Å². The van der Waals surface area contributed by atoms with Crippen LogP contribution in [-0.2, 0) is 9.47 Å². The minimum Gasteiger partial charge on any atom is -0.426 e. The minimum absolute atomic E-state index is 0.125. The molecule has 0 N–H and O–H groups in total. The largest absolute Gasteiger partial charge is 0.509 e. The van der Waals surface area contributed by atoms with E-state index >= 15 is 0 Å². The summed E-state index contributed by atoms with van der Waals surface area (Å²) in [6, 6.07) is 8.50. The lowest BCUT2D eigenvalue weighted by Gasteiger charge is -2.52. The third-order valence-corrected chi connectivity index (χ3v) is 5.26. The third kappa shape index (κ3) is 1.14. The van der Waals surface area contributed by atoms with Crippen LogP contribution in [0.2, 0.25) is 0 Å². The highest BCUT2D eigenvalue weighted by atomic mass is 16.8. The number of rotatable bonds is 0. The molecule has 100 valence electrons. The Kier molecular flexibility index (Phi) is 1.90. The van der Waals surface area contributed by atoms with Crippen molar-refractivity contribution in [1.82, 2.24) is 0 Å². The average molecular weight is 266 g/mol. The van der Waals surface area contributed by atoms with Gasteiger partial charge in [-0.05, 0) is 23.0 Å². The fourth-order valence-electron chi connectivity index (χ4n) is 4.62. The Morgan fingerprint density at radius 2 is 1.30 bits per heavy atom. The topological polar surface area (TPSA) is 35.5 Å². The molecule has 2 bridgehead atoms. The second-order valence-corrected chi connectivity index (χ2v) is 6.02. The van der Waals surface area contributed by atoms with Gasteiger partial charge in [-0.25, -0.2) is 4.79 Å². The molecule has 6 rings (SSSR count). The molecular formula is C17H14O3. The first-order valence-corrected chi connectivity index (χ1v) is 7.16. The molecule has 0 radical (unpaired) electrons. The zero-order valence-corrected chi connectivity index (χ0v) is 10.8. The molecule has 1 saturated heterocycles. The van der Waals surface area contributed by atoms with Crippen LogP contribution in [0.25, 0.3) is 0 Å². The Balaban J connectivity index is 1.76. The lowest BCUT2D eigenvalue weighted by Crippen LogP contribution is -2.52. The van der Waals surface area contributed by atoms with Crippen molar-refractivity contribution in [3.05, 3.63) is 59.7 Å². The Hall–Kier alpha value is -2.03. The Bertz CT molecular complexity index is 605. The summed E-state index contributed by atoms with van der Waals surface area (Å²) >= 11 is 0. The maximum absolute atomic E-state index is 11.6. The van der Waals surface area contributed by atoms with E-state index in [4.69, 9.17) is 9.47 Å². The first-order valence-electron chi connectivity index (χ1n) is 7.16. The second-order valence-electron chi connectivity index (χ2n) is 6.02. The fourth-order valence-corrected chi connectivity index (χ4v) is 4.62. The number of hydrogen-bond acceptors (Lipinski definition) is 3. The van der Waals surface area contributed by atoms with Crippen molar-refractivity contribution < 1.29 is 14.3 Å². The SMILES string of the molecule is O=C1O[C@@H]2[C@H](O1)[C@H]1c3ccccc3[C@H]2C2C=CC=CC21. The van der Waals surface area contributed by atoms with Crippen molar-refractivity contribution in [3.63, 3.8) is 0 Å². The molecule has 3 nitrogen and oxygen atoms in total. The van der Waals surface area contributed by atoms with Crippen LogP contribution in [0.1, 0.15) is 23.0 Å². The van der Waals surface area contributed by atoms with Gasteiger partial charge in [0.25, 0.3) is 0 Å². The summed E-state index contributed by atoms with van der Waals surface area (Å²) in [6.45, 7) is 0. The molecule has 1 aromatic carbocycles. The molecule has 0 amide bonds. The quantitative estimate of drug-likeness (QED) is 0.677. The smallest absolute Gasteiger partial charge is 0.426 e. The molecule has 2 unspecified atom stereocenters. The van der Waals surface area contributed by atoms with Crippen LogP contribution in [0, 0.1) is 11.8 Å². The minimum atomic E-state index is -0.505. The molecule has 2 fully saturated rings. The summed E-state index contributed by atoms with van der Waals surface area (Å²) in [5, 5.41) is 0. The molecule has 5 aliphatic rings. The standard InChI is InChI=1S/C17H14O3/c18-17-19-15-13-9-5-1-2-6-10(9)14(16(15)20-17)12-8-4-3-7-11(12)13/h1-10,13-16H/t9?,10?,13-,14-,15-,16+/m1/s1. The first kappa shape index (κ1) is 10.7. The predicted molar refractivity (Wildman–Crippen MR) is 72.3 cm³/mol. The molecule has 0 aromatic heterocycles. The van der Waals surface area contributed by atoms with Crippen LogP contribution in [0.4, 0.5) is 4.79 Å². The van der Waals surface area contributed by atoms with Gasteiger partial charge in [-0.2, -0.15) is 0 Å². The normalized spacial score (nSPS) is 42.5. The number of hydrogen-bond donors (Lipinski definition) is 0. The first-order chi connectivity index (χ1) is 9.84. The summed E-state index contributed by atoms with van der Waals surface area (Å²) in [5.41, 5.74) is 2.66. The van der Waals surface area contributed by atoms with Gasteiger partial charge in [0, 0.05) is 11.8 Å². The predicted octanol–water partition coefficient (Wildman–Crippen LogP) is 3.14. The highest BCUT2D eigenvalue weighted by Gasteiger charge is 2.61. The van der Waals surface area contributed by atoms with E-state index in [9.17, 15) is 4.79 Å². The molecule has 0 spiro atoms. The van der Waals surface area contributed by atoms with Crippen LogP contribution in [0.3, 0.4) is 0 Å². The third-order valence-electron chi connectivity index (χ3n) is 5.26. The zero-order chi connectivity index (χ0) is 13.3. The fraction of sp³-hybridized carbons (Fsp3) is 0.353. The van der Waals surface area contributed by atoms with Crippen LogP contribution in [-0.4, -0.2) is 18.4 Å². The summed E-state index contributed by atoms with van der Waals surface area (Å²) in [6.07, 6.45) is 7.99. The molecule has 6 atom stereocenters. The molecular weight excluding hydrogens is 252 g/mol. The molecule has 20 heavy (non-hydrogen) atoms. The summed E-state index contributed by atoms with van der Waals surface area (Å²) in [4.78, 5) is 11.6. The van der Waals surface area contributed by atoms with Gasteiger partial charge in [0.15, 0.2) is 12.2 Å². The van der Waals surface area contributed by atoms with Crippen LogP contribution in [0.15, 0.2) is 48.6 Å². The molecule has 1 aromatic rings. The summed E-state index contributed by atoms with van der Waals surface area (Å²) in [7, 11) is 0. The summed E-state index contributed by atoms with van der Waals surface area (Å²) < 4.78 is 11.0. The number of carbonyl (C=O) groups is 1. The lowest BCUT2D eigenvalue weighted by atomic mass is 9.53. The number of benzene rings is 1. The van der Waals surface area contributed by atoms with Gasteiger partial charge in [-0.15, -0.1) is 0 Å². The number of carbonyl (C=O) groups excluding carboxylic acids is 1. The lowest BCUT2D eigenvalue weighted by molar-refractivity contribution is 0.0131. The molecule has 4 aliphatic carbocycles. The summed E-state index contributed by atoms with van der Waals surface area (Å²) in [5.74, 6) is 1.27. The molecule has 1 saturated carbocycles. The van der Waals surface area contributed by atoms with Gasteiger partial charge in [-0.3, -0.25) is 0 Å². The maximum atomic E-state index is 11.6. The molecule has 1 aliphatic heterocycles.